The van der Waals surface area contributed by atoms with Crippen molar-refractivity contribution in [3.05, 3.63) is 35.4 Å². The molecule has 2 N–H and O–H groups in total. The molecule has 0 saturated carbocycles. The molecule has 1 aromatic carbocycles. The molecule has 2 unspecified atom stereocenters. The molecule has 7 heteroatoms. The molecule has 0 spiro atoms. The summed E-state index contributed by atoms with van der Waals surface area (Å²) in [6, 6.07) is 7.70. The van der Waals surface area contributed by atoms with Gasteiger partial charge in [-0.3, -0.25) is 9.69 Å². The van der Waals surface area contributed by atoms with Crippen molar-refractivity contribution in [2.45, 2.75) is 52.3 Å². The average molecular weight is 392 g/mol. The number of ether oxygens (including phenoxy) is 2. The lowest BCUT2D eigenvalue weighted by molar-refractivity contribution is -0.123. The summed E-state index contributed by atoms with van der Waals surface area (Å²) >= 11 is 0. The van der Waals surface area contributed by atoms with Crippen LogP contribution in [0.25, 0.3) is 0 Å². The van der Waals surface area contributed by atoms with Crippen molar-refractivity contribution >= 4 is 12.0 Å². The van der Waals surface area contributed by atoms with E-state index in [1.54, 1.807) is 27.7 Å². The van der Waals surface area contributed by atoms with Crippen LogP contribution in [0.15, 0.2) is 24.3 Å². The molecule has 1 saturated heterocycles. The van der Waals surface area contributed by atoms with Crippen molar-refractivity contribution in [3.63, 3.8) is 0 Å². The van der Waals surface area contributed by atoms with Gasteiger partial charge in [-0.05, 0) is 40.2 Å². The van der Waals surface area contributed by atoms with Crippen molar-refractivity contribution in [3.8, 4) is 0 Å². The molecule has 0 radical (unpaired) electrons. The Morgan fingerprint density at radius 2 is 1.93 bits per heavy atom. The van der Waals surface area contributed by atoms with Gasteiger partial charge in [0.25, 0.3) is 0 Å². The van der Waals surface area contributed by atoms with Crippen LogP contribution in [-0.4, -0.2) is 61.4 Å². The molecule has 1 aliphatic heterocycles. The van der Waals surface area contributed by atoms with Crippen molar-refractivity contribution in [1.82, 2.24) is 15.5 Å². The van der Waals surface area contributed by atoms with Crippen molar-refractivity contribution in [1.29, 1.82) is 0 Å². The Kier molecular flexibility index (Phi) is 7.83. The number of hydrogen-bond donors (Lipinski definition) is 2. The highest BCUT2D eigenvalue weighted by Crippen LogP contribution is 2.22. The maximum absolute atomic E-state index is 12.5. The Bertz CT molecular complexity index is 666. The second kappa shape index (κ2) is 9.89. The Labute approximate surface area is 167 Å². The number of alkyl carbamates (subject to hydrolysis) is 1. The van der Waals surface area contributed by atoms with Crippen LogP contribution in [0.1, 0.15) is 44.9 Å². The minimum Gasteiger partial charge on any atom is -0.444 e. The van der Waals surface area contributed by atoms with Crippen molar-refractivity contribution in [2.24, 2.45) is 0 Å². The molecule has 0 aromatic heterocycles. The molecule has 1 fully saturated rings. The zero-order chi connectivity index (χ0) is 20.7. The molecule has 7 nitrogen and oxygen atoms in total. The highest BCUT2D eigenvalue weighted by atomic mass is 16.6. The molecule has 2 atom stereocenters. The van der Waals surface area contributed by atoms with E-state index in [0.717, 1.165) is 18.7 Å². The molecular weight excluding hydrogens is 358 g/mol. The summed E-state index contributed by atoms with van der Waals surface area (Å²) in [6.45, 7) is 12.5. The summed E-state index contributed by atoms with van der Waals surface area (Å²) in [4.78, 5) is 26.7. The van der Waals surface area contributed by atoms with Crippen LogP contribution in [0, 0.1) is 6.92 Å². The van der Waals surface area contributed by atoms with Crippen LogP contribution in [0.4, 0.5) is 4.79 Å². The van der Waals surface area contributed by atoms with E-state index in [2.05, 4.69) is 40.7 Å². The van der Waals surface area contributed by atoms with Gasteiger partial charge in [0.15, 0.2) is 0 Å². The molecule has 1 aliphatic rings. The van der Waals surface area contributed by atoms with Gasteiger partial charge in [0, 0.05) is 19.6 Å². The van der Waals surface area contributed by atoms with Crippen LogP contribution in [0.3, 0.4) is 0 Å². The van der Waals surface area contributed by atoms with Gasteiger partial charge in [0.2, 0.25) is 5.91 Å². The minimum atomic E-state index is -0.683. The van der Waals surface area contributed by atoms with Crippen molar-refractivity contribution in [2.75, 3.05) is 32.8 Å². The predicted molar refractivity (Wildman–Crippen MR) is 108 cm³/mol. The summed E-state index contributed by atoms with van der Waals surface area (Å²) in [5.74, 6) is -0.239. The van der Waals surface area contributed by atoms with Gasteiger partial charge >= 0.3 is 6.09 Å². The Balaban J connectivity index is 1.98. The molecule has 1 heterocycles. The first-order valence-electron chi connectivity index (χ1n) is 9.81. The Morgan fingerprint density at radius 3 is 2.54 bits per heavy atom. The lowest BCUT2D eigenvalue weighted by Crippen LogP contribution is -2.49. The van der Waals surface area contributed by atoms with Crippen LogP contribution >= 0.6 is 0 Å². The number of amides is 2. The van der Waals surface area contributed by atoms with Crippen LogP contribution < -0.4 is 10.6 Å². The number of benzene rings is 1. The van der Waals surface area contributed by atoms with Crippen LogP contribution in [0.5, 0.6) is 0 Å². The van der Waals surface area contributed by atoms with Gasteiger partial charge in [0.05, 0.1) is 19.3 Å². The molecule has 2 amide bonds. The highest BCUT2D eigenvalue weighted by molar-refractivity contribution is 5.85. The lowest BCUT2D eigenvalue weighted by atomic mass is 10.0. The maximum atomic E-state index is 12.5. The van der Waals surface area contributed by atoms with Gasteiger partial charge < -0.3 is 20.1 Å². The third kappa shape index (κ3) is 7.13. The third-order valence-corrected chi connectivity index (χ3v) is 4.51. The standard InChI is InChI=1S/C21H33N3O4/c1-15-7-6-8-17(13-15)18(24-9-11-27-12-10-24)14-22-19(25)16(2)23-20(26)28-21(3,4)5/h6-8,13,16,18H,9-12,14H2,1-5H3,(H,22,25)(H,23,26). The van der Waals surface area contributed by atoms with E-state index >= 15 is 0 Å². The summed E-state index contributed by atoms with van der Waals surface area (Å²) in [7, 11) is 0. The van der Waals surface area contributed by atoms with E-state index in [-0.39, 0.29) is 11.9 Å². The average Bonchev–Trinajstić information content (AvgIpc) is 2.61. The van der Waals surface area contributed by atoms with Gasteiger partial charge in [-0.2, -0.15) is 0 Å². The second-order valence-corrected chi connectivity index (χ2v) is 8.19. The number of rotatable bonds is 6. The predicted octanol–water partition coefficient (Wildman–Crippen LogP) is 2.40. The van der Waals surface area contributed by atoms with E-state index < -0.39 is 17.7 Å². The number of carbonyl (C=O) groups is 2. The maximum Gasteiger partial charge on any atom is 0.408 e. The first-order chi connectivity index (χ1) is 13.2. The highest BCUT2D eigenvalue weighted by Gasteiger charge is 2.25. The topological polar surface area (TPSA) is 79.9 Å². The van der Waals surface area contributed by atoms with Crippen molar-refractivity contribution < 1.29 is 19.1 Å². The van der Waals surface area contributed by atoms with Gasteiger partial charge in [-0.25, -0.2) is 4.79 Å². The molecular formula is C21H33N3O4. The summed E-state index contributed by atoms with van der Waals surface area (Å²) in [6.07, 6.45) is -0.599. The molecule has 0 aliphatic carbocycles. The largest absolute Gasteiger partial charge is 0.444 e. The molecule has 28 heavy (non-hydrogen) atoms. The fraction of sp³-hybridized carbons (Fsp3) is 0.619. The normalized spacial score (nSPS) is 17.5. The zero-order valence-corrected chi connectivity index (χ0v) is 17.6. The first-order valence-corrected chi connectivity index (χ1v) is 9.81. The first kappa shape index (κ1) is 22.2. The van der Waals surface area contributed by atoms with E-state index in [1.165, 1.54) is 5.56 Å². The van der Waals surface area contributed by atoms with E-state index in [0.29, 0.717) is 19.8 Å². The Morgan fingerprint density at radius 1 is 1.25 bits per heavy atom. The number of nitrogens with zero attached hydrogens (tertiary/aromatic N) is 1. The fourth-order valence-electron chi connectivity index (χ4n) is 3.12. The summed E-state index contributed by atoms with van der Waals surface area (Å²) in [5, 5.41) is 5.56. The number of hydrogen-bond acceptors (Lipinski definition) is 5. The molecule has 156 valence electrons. The molecule has 2 rings (SSSR count). The lowest BCUT2D eigenvalue weighted by Gasteiger charge is -2.35. The number of carbonyl (C=O) groups excluding carboxylic acids is 2. The Hall–Kier alpha value is -2.12. The number of aryl methyl sites for hydroxylation is 1. The zero-order valence-electron chi connectivity index (χ0n) is 17.6. The smallest absolute Gasteiger partial charge is 0.408 e. The second-order valence-electron chi connectivity index (χ2n) is 8.19. The summed E-state index contributed by atoms with van der Waals surface area (Å²) in [5.41, 5.74) is 1.74. The summed E-state index contributed by atoms with van der Waals surface area (Å²) < 4.78 is 10.7. The van der Waals surface area contributed by atoms with E-state index in [1.807, 2.05) is 6.07 Å². The number of morpholine rings is 1. The third-order valence-electron chi connectivity index (χ3n) is 4.51. The van der Waals surface area contributed by atoms with Crippen LogP contribution in [-0.2, 0) is 14.3 Å². The minimum absolute atomic E-state index is 0.0569. The SMILES string of the molecule is Cc1cccc(C(CNC(=O)C(C)NC(=O)OC(C)(C)C)N2CCOCC2)c1. The van der Waals surface area contributed by atoms with Gasteiger partial charge in [-0.1, -0.05) is 29.8 Å². The van der Waals surface area contributed by atoms with E-state index in [9.17, 15) is 9.59 Å². The fourth-order valence-corrected chi connectivity index (χ4v) is 3.12. The molecule has 0 bridgehead atoms. The monoisotopic (exact) mass is 391 g/mol. The van der Waals surface area contributed by atoms with E-state index in [4.69, 9.17) is 9.47 Å². The number of nitrogens with one attached hydrogen (secondary N) is 2. The molecule has 1 aromatic rings. The quantitative estimate of drug-likeness (QED) is 0.778. The van der Waals surface area contributed by atoms with Gasteiger partial charge in [0.1, 0.15) is 11.6 Å². The van der Waals surface area contributed by atoms with Gasteiger partial charge in [-0.15, -0.1) is 0 Å². The van der Waals surface area contributed by atoms with Crippen LogP contribution in [0.2, 0.25) is 0 Å².